The molecule has 0 radical (unpaired) electrons. The Kier molecular flexibility index (Phi) is 5.79. The third kappa shape index (κ3) is 4.58. The van der Waals surface area contributed by atoms with Crippen LogP contribution in [-0.2, 0) is 9.53 Å². The van der Waals surface area contributed by atoms with Gasteiger partial charge in [0.1, 0.15) is 12.4 Å². The highest BCUT2D eigenvalue weighted by atomic mass is 16.5. The normalized spacial score (nSPS) is 11.0. The molecule has 0 saturated carbocycles. The van der Waals surface area contributed by atoms with Crippen molar-refractivity contribution in [2.45, 2.75) is 20.3 Å². The van der Waals surface area contributed by atoms with Gasteiger partial charge in [0, 0.05) is 17.6 Å². The zero-order valence-electron chi connectivity index (χ0n) is 11.4. The van der Waals surface area contributed by atoms with Crippen LogP contribution in [0.3, 0.4) is 0 Å². The van der Waals surface area contributed by atoms with Crippen LogP contribution in [0, 0.1) is 0 Å². The van der Waals surface area contributed by atoms with E-state index in [0.29, 0.717) is 23.3 Å². The molecule has 0 fully saturated rings. The Bertz CT molecular complexity index is 471. The molecule has 4 nitrogen and oxygen atoms in total. The molecule has 0 amide bonds. The molecular weight excluding hydrogens is 244 g/mol. The van der Waals surface area contributed by atoms with Gasteiger partial charge >= 0.3 is 5.97 Å². The second kappa shape index (κ2) is 7.36. The summed E-state index contributed by atoms with van der Waals surface area (Å²) >= 11 is 0. The van der Waals surface area contributed by atoms with Crippen LogP contribution in [-0.4, -0.2) is 25.5 Å². The molecule has 0 aliphatic rings. The van der Waals surface area contributed by atoms with Gasteiger partial charge in [-0.3, -0.25) is 4.79 Å². The van der Waals surface area contributed by atoms with E-state index in [4.69, 9.17) is 4.74 Å². The van der Waals surface area contributed by atoms with E-state index in [0.717, 1.165) is 0 Å². The molecule has 0 heterocycles. The van der Waals surface area contributed by atoms with E-state index in [2.05, 4.69) is 4.74 Å². The van der Waals surface area contributed by atoms with Gasteiger partial charge in [-0.05, 0) is 37.3 Å². The van der Waals surface area contributed by atoms with E-state index in [1.807, 2.05) is 6.92 Å². The molecule has 0 atom stereocenters. The topological polar surface area (TPSA) is 52.6 Å². The second-order valence-electron chi connectivity index (χ2n) is 3.99. The van der Waals surface area contributed by atoms with Gasteiger partial charge in [0.05, 0.1) is 7.11 Å². The van der Waals surface area contributed by atoms with Crippen LogP contribution in [0.25, 0.3) is 0 Å². The van der Waals surface area contributed by atoms with Crippen molar-refractivity contribution in [3.8, 4) is 5.75 Å². The molecule has 19 heavy (non-hydrogen) atoms. The Morgan fingerprint density at radius 2 is 1.84 bits per heavy atom. The summed E-state index contributed by atoms with van der Waals surface area (Å²) in [4.78, 5) is 22.6. The van der Waals surface area contributed by atoms with Crippen molar-refractivity contribution in [1.29, 1.82) is 0 Å². The first-order valence-corrected chi connectivity index (χ1v) is 6.09. The number of benzene rings is 1. The number of carbonyl (C=O) groups excluding carboxylic acids is 2. The minimum absolute atomic E-state index is 0.105. The van der Waals surface area contributed by atoms with Crippen LogP contribution < -0.4 is 4.74 Å². The lowest BCUT2D eigenvalue weighted by atomic mass is 10.1. The minimum Gasteiger partial charge on any atom is -0.490 e. The number of esters is 1. The van der Waals surface area contributed by atoms with Crippen molar-refractivity contribution < 1.29 is 19.1 Å². The van der Waals surface area contributed by atoms with Gasteiger partial charge in [-0.1, -0.05) is 6.92 Å². The summed E-state index contributed by atoms with van der Waals surface area (Å²) < 4.78 is 10.0. The molecule has 1 rings (SSSR count). The molecule has 4 heteroatoms. The first kappa shape index (κ1) is 15.0. The number of carbonyl (C=O) groups is 2. The molecule has 0 aliphatic carbocycles. The average Bonchev–Trinajstić information content (AvgIpc) is 2.46. The number of methoxy groups -OCH3 is 1. The van der Waals surface area contributed by atoms with E-state index in [1.54, 1.807) is 37.3 Å². The van der Waals surface area contributed by atoms with Crippen LogP contribution in [0.15, 0.2) is 35.9 Å². The van der Waals surface area contributed by atoms with Gasteiger partial charge in [-0.15, -0.1) is 0 Å². The van der Waals surface area contributed by atoms with Crippen molar-refractivity contribution in [2.24, 2.45) is 0 Å². The van der Waals surface area contributed by atoms with Gasteiger partial charge in [0.15, 0.2) is 5.78 Å². The largest absolute Gasteiger partial charge is 0.490 e. The average molecular weight is 262 g/mol. The first-order valence-electron chi connectivity index (χ1n) is 6.09. The fraction of sp³-hybridized carbons (Fsp3) is 0.333. The predicted octanol–water partition coefficient (Wildman–Crippen LogP) is 2.78. The van der Waals surface area contributed by atoms with Crippen LogP contribution in [0.1, 0.15) is 30.6 Å². The molecule has 0 N–H and O–H groups in total. The standard InChI is InChI=1S/C15H18O4/c1-4-14(16)12-5-7-13(8-6-12)19-10-9-11(2)15(17)18-3/h5-9H,4,10H2,1-3H3. The van der Waals surface area contributed by atoms with Crippen LogP contribution in [0.5, 0.6) is 5.75 Å². The fourth-order valence-corrected chi connectivity index (χ4v) is 1.45. The summed E-state index contributed by atoms with van der Waals surface area (Å²) in [5.41, 5.74) is 1.18. The fourth-order valence-electron chi connectivity index (χ4n) is 1.45. The summed E-state index contributed by atoms with van der Waals surface area (Å²) in [5, 5.41) is 0. The molecule has 0 aliphatic heterocycles. The Morgan fingerprint density at radius 3 is 2.37 bits per heavy atom. The Labute approximate surface area is 113 Å². The number of Topliss-reactive ketones (excluding diaryl/α,β-unsaturated/α-hetero) is 1. The number of hydrogen-bond acceptors (Lipinski definition) is 4. The molecule has 0 saturated heterocycles. The van der Waals surface area contributed by atoms with Crippen molar-refractivity contribution in [2.75, 3.05) is 13.7 Å². The van der Waals surface area contributed by atoms with Crippen LogP contribution in [0.4, 0.5) is 0 Å². The molecule has 102 valence electrons. The minimum atomic E-state index is -0.368. The predicted molar refractivity (Wildman–Crippen MR) is 72.3 cm³/mol. The lowest BCUT2D eigenvalue weighted by Crippen LogP contribution is -2.04. The molecular formula is C15H18O4. The third-order valence-corrected chi connectivity index (χ3v) is 2.64. The Hall–Kier alpha value is -2.10. The second-order valence-corrected chi connectivity index (χ2v) is 3.99. The lowest BCUT2D eigenvalue weighted by molar-refractivity contribution is -0.136. The summed E-state index contributed by atoms with van der Waals surface area (Å²) in [7, 11) is 1.34. The molecule has 1 aromatic carbocycles. The van der Waals surface area contributed by atoms with Gasteiger partial charge in [0.25, 0.3) is 0 Å². The summed E-state index contributed by atoms with van der Waals surface area (Å²) in [6.07, 6.45) is 2.14. The maximum Gasteiger partial charge on any atom is 0.333 e. The molecule has 1 aromatic rings. The SMILES string of the molecule is CCC(=O)c1ccc(OCC=C(C)C(=O)OC)cc1. The maximum atomic E-state index is 11.4. The quantitative estimate of drug-likeness (QED) is 0.449. The van der Waals surface area contributed by atoms with Crippen LogP contribution in [0.2, 0.25) is 0 Å². The third-order valence-electron chi connectivity index (χ3n) is 2.64. The van der Waals surface area contributed by atoms with Gasteiger partial charge in [-0.25, -0.2) is 4.79 Å². The van der Waals surface area contributed by atoms with Crippen molar-refractivity contribution >= 4 is 11.8 Å². The number of rotatable bonds is 6. The molecule has 0 spiro atoms. The number of ketones is 1. The van der Waals surface area contributed by atoms with Crippen molar-refractivity contribution in [3.63, 3.8) is 0 Å². The van der Waals surface area contributed by atoms with E-state index in [1.165, 1.54) is 7.11 Å². The van der Waals surface area contributed by atoms with Gasteiger partial charge in [0.2, 0.25) is 0 Å². The zero-order valence-corrected chi connectivity index (χ0v) is 11.4. The Balaban J connectivity index is 2.55. The number of hydrogen-bond donors (Lipinski definition) is 0. The van der Waals surface area contributed by atoms with E-state index < -0.39 is 0 Å². The molecule has 0 unspecified atom stereocenters. The van der Waals surface area contributed by atoms with Gasteiger partial charge in [-0.2, -0.15) is 0 Å². The van der Waals surface area contributed by atoms with Crippen molar-refractivity contribution in [3.05, 3.63) is 41.5 Å². The summed E-state index contributed by atoms with van der Waals surface area (Å²) in [6.45, 7) is 3.77. The van der Waals surface area contributed by atoms with E-state index in [-0.39, 0.29) is 18.4 Å². The van der Waals surface area contributed by atoms with E-state index >= 15 is 0 Å². The highest BCUT2D eigenvalue weighted by Crippen LogP contribution is 2.13. The highest BCUT2D eigenvalue weighted by molar-refractivity contribution is 5.95. The first-order chi connectivity index (χ1) is 9.08. The Morgan fingerprint density at radius 1 is 1.21 bits per heavy atom. The molecule has 0 bridgehead atoms. The smallest absolute Gasteiger partial charge is 0.333 e. The monoisotopic (exact) mass is 262 g/mol. The number of ether oxygens (including phenoxy) is 2. The molecule has 0 aromatic heterocycles. The summed E-state index contributed by atoms with van der Waals surface area (Å²) in [5.74, 6) is 0.391. The van der Waals surface area contributed by atoms with Crippen molar-refractivity contribution in [1.82, 2.24) is 0 Å². The lowest BCUT2D eigenvalue weighted by Gasteiger charge is -2.05. The van der Waals surface area contributed by atoms with E-state index in [9.17, 15) is 9.59 Å². The van der Waals surface area contributed by atoms with Gasteiger partial charge < -0.3 is 9.47 Å². The van der Waals surface area contributed by atoms with Crippen LogP contribution >= 0.6 is 0 Å². The zero-order chi connectivity index (χ0) is 14.3. The summed E-state index contributed by atoms with van der Waals surface area (Å²) in [6, 6.07) is 6.95. The maximum absolute atomic E-state index is 11.4. The highest BCUT2D eigenvalue weighted by Gasteiger charge is 2.04.